The average molecular weight is 402 g/mol. The van der Waals surface area contributed by atoms with E-state index >= 15 is 0 Å². The van der Waals surface area contributed by atoms with Gasteiger partial charge < -0.3 is 14.9 Å². The van der Waals surface area contributed by atoms with E-state index in [1.54, 1.807) is 0 Å². The van der Waals surface area contributed by atoms with Crippen LogP contribution in [-0.4, -0.2) is 81.7 Å². The Morgan fingerprint density at radius 3 is 1.97 bits per heavy atom. The highest BCUT2D eigenvalue weighted by Crippen LogP contribution is 2.32. The van der Waals surface area contributed by atoms with Crippen LogP contribution in [0, 0.1) is 0 Å². The number of nitrogens with zero attached hydrogens (tertiary/aromatic N) is 7. The van der Waals surface area contributed by atoms with Crippen molar-refractivity contribution in [2.24, 2.45) is 0 Å². The maximum Gasteiger partial charge on any atom is 0.245 e. The number of fused-ring (bicyclic) bond motifs is 1. The highest BCUT2D eigenvalue weighted by atomic mass is 16.6. The molecule has 0 unspecified atom stereocenters. The summed E-state index contributed by atoms with van der Waals surface area (Å²) < 4.78 is 4.89. The second-order valence-corrected chi connectivity index (χ2v) is 8.69. The first kappa shape index (κ1) is 19.0. The summed E-state index contributed by atoms with van der Waals surface area (Å²) in [6, 6.07) is 0.549. The molecule has 3 aliphatic rings. The highest BCUT2D eigenvalue weighted by molar-refractivity contribution is 5.74. The molecule has 2 aromatic rings. The van der Waals surface area contributed by atoms with E-state index in [1.807, 2.05) is 0 Å². The molecule has 3 aliphatic heterocycles. The molecule has 2 aromatic heterocycles. The third kappa shape index (κ3) is 4.02. The molecule has 0 spiro atoms. The van der Waals surface area contributed by atoms with Crippen molar-refractivity contribution in [3.8, 4) is 0 Å². The Morgan fingerprint density at radius 1 is 0.724 bits per heavy atom. The zero-order chi connectivity index (χ0) is 19.6. The molecule has 0 saturated carbocycles. The molecular weight excluding hydrogens is 370 g/mol. The van der Waals surface area contributed by atoms with Gasteiger partial charge in [0.2, 0.25) is 11.3 Å². The number of aliphatic hydroxyl groups is 1. The van der Waals surface area contributed by atoms with Gasteiger partial charge in [0.15, 0.2) is 11.6 Å². The zero-order valence-electron chi connectivity index (χ0n) is 17.0. The lowest BCUT2D eigenvalue weighted by atomic mass is 9.99. The van der Waals surface area contributed by atoms with Gasteiger partial charge in [-0.3, -0.25) is 4.90 Å². The predicted molar refractivity (Wildman–Crippen MR) is 110 cm³/mol. The predicted octanol–water partition coefficient (Wildman–Crippen LogP) is 1.82. The standard InChI is InChI=1S/C20H31N7O2/c28-16-6-5-11-27(14-16)15-7-12-26(13-8-15)20-19(25-9-3-1-2-4-10-25)21-17-18(22-20)24-29-23-17/h15-16,28H,1-14H2/t16-/m1/s1. The van der Waals surface area contributed by atoms with E-state index in [0.29, 0.717) is 17.3 Å². The van der Waals surface area contributed by atoms with Crippen molar-refractivity contribution in [1.82, 2.24) is 25.2 Å². The molecule has 3 saturated heterocycles. The van der Waals surface area contributed by atoms with Gasteiger partial charge in [-0.1, -0.05) is 12.8 Å². The topological polar surface area (TPSA) is 94.6 Å². The monoisotopic (exact) mass is 401 g/mol. The number of aromatic nitrogens is 4. The number of rotatable bonds is 3. The van der Waals surface area contributed by atoms with E-state index in [-0.39, 0.29) is 6.10 Å². The van der Waals surface area contributed by atoms with Crippen LogP contribution in [0.5, 0.6) is 0 Å². The molecular formula is C20H31N7O2. The quantitative estimate of drug-likeness (QED) is 0.826. The summed E-state index contributed by atoms with van der Waals surface area (Å²) in [6.07, 6.45) is 8.99. The summed E-state index contributed by atoms with van der Waals surface area (Å²) >= 11 is 0. The molecule has 9 heteroatoms. The summed E-state index contributed by atoms with van der Waals surface area (Å²) in [5.41, 5.74) is 0.977. The largest absolute Gasteiger partial charge is 0.392 e. The summed E-state index contributed by atoms with van der Waals surface area (Å²) in [4.78, 5) is 16.8. The van der Waals surface area contributed by atoms with Crippen LogP contribution in [0.25, 0.3) is 11.3 Å². The molecule has 5 heterocycles. The van der Waals surface area contributed by atoms with Gasteiger partial charge in [-0.05, 0) is 55.4 Å². The Hall–Kier alpha value is -2.00. The Labute approximate surface area is 171 Å². The fourth-order valence-electron chi connectivity index (χ4n) is 5.09. The lowest BCUT2D eigenvalue weighted by Crippen LogP contribution is -2.50. The highest BCUT2D eigenvalue weighted by Gasteiger charge is 2.31. The Bertz CT molecular complexity index is 812. The molecule has 5 rings (SSSR count). The van der Waals surface area contributed by atoms with Crippen molar-refractivity contribution < 1.29 is 9.74 Å². The maximum atomic E-state index is 10.0. The van der Waals surface area contributed by atoms with E-state index in [4.69, 9.17) is 14.6 Å². The Morgan fingerprint density at radius 2 is 1.34 bits per heavy atom. The molecule has 1 N–H and O–H groups in total. The smallest absolute Gasteiger partial charge is 0.245 e. The molecule has 0 aromatic carbocycles. The van der Waals surface area contributed by atoms with E-state index < -0.39 is 0 Å². The number of likely N-dealkylation sites (tertiary alicyclic amines) is 1. The average Bonchev–Trinajstić information content (AvgIpc) is 3.04. The van der Waals surface area contributed by atoms with Gasteiger partial charge in [-0.2, -0.15) is 0 Å². The van der Waals surface area contributed by atoms with Gasteiger partial charge in [-0.15, -0.1) is 0 Å². The van der Waals surface area contributed by atoms with Gasteiger partial charge in [0.1, 0.15) is 0 Å². The van der Waals surface area contributed by atoms with Crippen molar-refractivity contribution in [1.29, 1.82) is 0 Å². The first-order valence-corrected chi connectivity index (χ1v) is 11.2. The Kier molecular flexibility index (Phi) is 5.50. The van der Waals surface area contributed by atoms with Crippen LogP contribution in [0.4, 0.5) is 11.6 Å². The molecule has 29 heavy (non-hydrogen) atoms. The van der Waals surface area contributed by atoms with Gasteiger partial charge in [0.05, 0.1) is 6.10 Å². The second-order valence-electron chi connectivity index (χ2n) is 8.69. The minimum atomic E-state index is -0.163. The SMILES string of the molecule is O[C@@H]1CCCN(C2CCN(c3nc4nonc4nc3N3CCCCCC3)CC2)C1. The molecule has 0 amide bonds. The summed E-state index contributed by atoms with van der Waals surface area (Å²) in [7, 11) is 0. The minimum Gasteiger partial charge on any atom is -0.392 e. The van der Waals surface area contributed by atoms with E-state index in [0.717, 1.165) is 76.6 Å². The van der Waals surface area contributed by atoms with Crippen LogP contribution in [0.2, 0.25) is 0 Å². The third-order valence-corrected chi connectivity index (χ3v) is 6.69. The second kappa shape index (κ2) is 8.39. The van der Waals surface area contributed by atoms with Gasteiger partial charge >= 0.3 is 0 Å². The molecule has 0 aliphatic carbocycles. The molecule has 3 fully saturated rings. The number of aliphatic hydroxyl groups excluding tert-OH is 1. The van der Waals surface area contributed by atoms with E-state index in [9.17, 15) is 5.11 Å². The fourth-order valence-corrected chi connectivity index (χ4v) is 5.09. The first-order chi connectivity index (χ1) is 14.3. The number of anilines is 2. The number of β-amino-alcohol motifs (C(OH)–C–C–N with tert-alkyl or cyclic N) is 1. The van der Waals surface area contributed by atoms with Crippen LogP contribution in [-0.2, 0) is 0 Å². The molecule has 0 bridgehead atoms. The van der Waals surface area contributed by atoms with Gasteiger partial charge in [-0.25, -0.2) is 14.6 Å². The lowest BCUT2D eigenvalue weighted by molar-refractivity contribution is 0.0398. The van der Waals surface area contributed by atoms with Gasteiger partial charge in [0.25, 0.3) is 0 Å². The Balaban J connectivity index is 1.36. The first-order valence-electron chi connectivity index (χ1n) is 11.2. The lowest BCUT2D eigenvalue weighted by Gasteiger charge is -2.42. The number of hydrogen-bond donors (Lipinski definition) is 1. The van der Waals surface area contributed by atoms with Crippen LogP contribution in [0.3, 0.4) is 0 Å². The van der Waals surface area contributed by atoms with E-state index in [1.165, 1.54) is 25.7 Å². The van der Waals surface area contributed by atoms with Crippen molar-refractivity contribution in [3.63, 3.8) is 0 Å². The summed E-state index contributed by atoms with van der Waals surface area (Å²) in [5, 5.41) is 17.9. The minimum absolute atomic E-state index is 0.163. The van der Waals surface area contributed by atoms with Crippen molar-refractivity contribution in [2.75, 3.05) is 49.1 Å². The third-order valence-electron chi connectivity index (χ3n) is 6.69. The van der Waals surface area contributed by atoms with Crippen molar-refractivity contribution in [2.45, 2.75) is 63.5 Å². The molecule has 1 atom stereocenters. The number of hydrogen-bond acceptors (Lipinski definition) is 9. The summed E-state index contributed by atoms with van der Waals surface area (Å²) in [5.74, 6) is 1.86. The molecule has 158 valence electrons. The van der Waals surface area contributed by atoms with Crippen LogP contribution in [0.1, 0.15) is 51.4 Å². The van der Waals surface area contributed by atoms with Crippen molar-refractivity contribution >= 4 is 22.9 Å². The fraction of sp³-hybridized carbons (Fsp3) is 0.800. The van der Waals surface area contributed by atoms with Crippen LogP contribution in [0.15, 0.2) is 4.63 Å². The normalized spacial score (nSPS) is 25.5. The van der Waals surface area contributed by atoms with E-state index in [2.05, 4.69) is 25.0 Å². The number of piperidine rings is 2. The molecule has 0 radical (unpaired) electrons. The van der Waals surface area contributed by atoms with Crippen LogP contribution < -0.4 is 9.80 Å². The van der Waals surface area contributed by atoms with Crippen molar-refractivity contribution in [3.05, 3.63) is 0 Å². The maximum absolute atomic E-state index is 10.0. The van der Waals surface area contributed by atoms with Crippen LogP contribution >= 0.6 is 0 Å². The van der Waals surface area contributed by atoms with Gasteiger partial charge in [0, 0.05) is 38.8 Å². The zero-order valence-corrected chi connectivity index (χ0v) is 17.0. The molecule has 9 nitrogen and oxygen atoms in total. The summed E-state index contributed by atoms with van der Waals surface area (Å²) in [6.45, 7) is 5.85.